The summed E-state index contributed by atoms with van der Waals surface area (Å²) in [5, 5.41) is 2.59. The van der Waals surface area contributed by atoms with E-state index in [1.807, 2.05) is 18.2 Å². The van der Waals surface area contributed by atoms with Gasteiger partial charge in [0, 0.05) is 45.1 Å². The normalized spacial score (nSPS) is 15.4. The summed E-state index contributed by atoms with van der Waals surface area (Å²) in [6, 6.07) is 8.64. The third kappa shape index (κ3) is 4.96. The van der Waals surface area contributed by atoms with Crippen LogP contribution in [0.2, 0.25) is 0 Å². The third-order valence-corrected chi connectivity index (χ3v) is 6.49. The lowest BCUT2D eigenvalue weighted by molar-refractivity contribution is 0.0952. The number of aromatic nitrogens is 2. The van der Waals surface area contributed by atoms with Gasteiger partial charge in [-0.2, -0.15) is 4.31 Å². The Morgan fingerprint density at radius 2 is 1.93 bits per heavy atom. The SMILES string of the molecule is O=C(NCCCS(=O)(=O)N1CCN(c2ccccn2)CC1)c1ccc[nH]c1=O. The lowest BCUT2D eigenvalue weighted by Gasteiger charge is -2.34. The fraction of sp³-hybridized carbons (Fsp3) is 0.389. The van der Waals surface area contributed by atoms with Crippen LogP contribution in [0.15, 0.2) is 47.5 Å². The van der Waals surface area contributed by atoms with Crippen molar-refractivity contribution in [1.82, 2.24) is 19.6 Å². The molecule has 1 aliphatic rings. The van der Waals surface area contributed by atoms with Crippen LogP contribution in [-0.2, 0) is 10.0 Å². The molecule has 28 heavy (non-hydrogen) atoms. The highest BCUT2D eigenvalue weighted by atomic mass is 32.2. The second kappa shape index (κ2) is 8.98. The highest BCUT2D eigenvalue weighted by molar-refractivity contribution is 7.89. The van der Waals surface area contributed by atoms with Crippen LogP contribution in [0.3, 0.4) is 0 Å². The van der Waals surface area contributed by atoms with E-state index >= 15 is 0 Å². The minimum atomic E-state index is -3.39. The smallest absolute Gasteiger partial charge is 0.260 e. The van der Waals surface area contributed by atoms with Crippen molar-refractivity contribution in [3.63, 3.8) is 0 Å². The molecule has 150 valence electrons. The van der Waals surface area contributed by atoms with Gasteiger partial charge >= 0.3 is 0 Å². The van der Waals surface area contributed by atoms with Crippen molar-refractivity contribution in [3.8, 4) is 0 Å². The van der Waals surface area contributed by atoms with Gasteiger partial charge in [0.05, 0.1) is 5.75 Å². The van der Waals surface area contributed by atoms with Crippen LogP contribution in [0.4, 0.5) is 5.82 Å². The molecule has 0 saturated carbocycles. The number of nitrogens with zero attached hydrogens (tertiary/aromatic N) is 3. The largest absolute Gasteiger partial charge is 0.354 e. The van der Waals surface area contributed by atoms with E-state index in [1.165, 1.54) is 16.6 Å². The van der Waals surface area contributed by atoms with Crippen LogP contribution in [0.25, 0.3) is 0 Å². The molecule has 0 aromatic carbocycles. The van der Waals surface area contributed by atoms with Gasteiger partial charge in [0.2, 0.25) is 10.0 Å². The molecule has 0 unspecified atom stereocenters. The number of pyridine rings is 2. The molecule has 9 nitrogen and oxygen atoms in total. The number of hydrogen-bond donors (Lipinski definition) is 2. The highest BCUT2D eigenvalue weighted by Gasteiger charge is 2.27. The van der Waals surface area contributed by atoms with Crippen LogP contribution in [-0.4, -0.2) is 67.1 Å². The zero-order valence-electron chi connectivity index (χ0n) is 15.4. The van der Waals surface area contributed by atoms with E-state index in [-0.39, 0.29) is 24.3 Å². The van der Waals surface area contributed by atoms with Gasteiger partial charge < -0.3 is 15.2 Å². The molecular formula is C18H23N5O4S. The molecular weight excluding hydrogens is 382 g/mol. The Labute approximate surface area is 163 Å². The van der Waals surface area contributed by atoms with Gasteiger partial charge in [-0.05, 0) is 30.7 Å². The molecule has 0 spiro atoms. The zero-order valence-corrected chi connectivity index (χ0v) is 16.2. The molecule has 0 atom stereocenters. The predicted molar refractivity (Wildman–Crippen MR) is 106 cm³/mol. The quantitative estimate of drug-likeness (QED) is 0.629. The second-order valence-electron chi connectivity index (χ2n) is 6.41. The maximum atomic E-state index is 12.5. The minimum absolute atomic E-state index is 0.0102. The molecule has 3 rings (SSSR count). The van der Waals surface area contributed by atoms with Gasteiger partial charge in [-0.25, -0.2) is 13.4 Å². The maximum absolute atomic E-state index is 12.5. The first-order chi connectivity index (χ1) is 13.5. The molecule has 1 aliphatic heterocycles. The van der Waals surface area contributed by atoms with Gasteiger partial charge in [0.15, 0.2) is 0 Å². The van der Waals surface area contributed by atoms with E-state index in [2.05, 4.69) is 20.2 Å². The van der Waals surface area contributed by atoms with Gasteiger partial charge in [-0.1, -0.05) is 6.07 Å². The average molecular weight is 405 g/mol. The Bertz CT molecular complexity index is 953. The van der Waals surface area contributed by atoms with Crippen LogP contribution >= 0.6 is 0 Å². The summed E-state index contributed by atoms with van der Waals surface area (Å²) in [5.74, 6) is 0.281. The number of piperazine rings is 1. The van der Waals surface area contributed by atoms with E-state index in [1.54, 1.807) is 12.3 Å². The number of rotatable bonds is 7. The first kappa shape index (κ1) is 20.0. The number of anilines is 1. The molecule has 0 radical (unpaired) electrons. The fourth-order valence-corrected chi connectivity index (χ4v) is 4.50. The Hall–Kier alpha value is -2.72. The summed E-state index contributed by atoms with van der Waals surface area (Å²) in [6.45, 7) is 2.17. The lowest BCUT2D eigenvalue weighted by atomic mass is 10.2. The van der Waals surface area contributed by atoms with Crippen LogP contribution in [0.5, 0.6) is 0 Å². The van der Waals surface area contributed by atoms with E-state index in [0.29, 0.717) is 26.2 Å². The number of amides is 1. The summed E-state index contributed by atoms with van der Waals surface area (Å²) in [7, 11) is -3.39. The number of carbonyl (C=O) groups excluding carboxylic acids is 1. The third-order valence-electron chi connectivity index (χ3n) is 4.53. The van der Waals surface area contributed by atoms with Crippen LogP contribution in [0, 0.1) is 0 Å². The summed E-state index contributed by atoms with van der Waals surface area (Å²) < 4.78 is 26.5. The maximum Gasteiger partial charge on any atom is 0.260 e. The first-order valence-corrected chi connectivity index (χ1v) is 10.7. The molecule has 10 heteroatoms. The molecule has 2 aromatic heterocycles. The zero-order chi connectivity index (χ0) is 20.0. The monoisotopic (exact) mass is 405 g/mol. The van der Waals surface area contributed by atoms with Gasteiger partial charge in [0.1, 0.15) is 11.4 Å². The molecule has 2 aromatic rings. The van der Waals surface area contributed by atoms with Crippen molar-refractivity contribution in [3.05, 3.63) is 58.6 Å². The summed E-state index contributed by atoms with van der Waals surface area (Å²) in [4.78, 5) is 32.3. The number of sulfonamides is 1. The Kier molecular flexibility index (Phi) is 6.42. The van der Waals surface area contributed by atoms with Crippen molar-refractivity contribution in [2.75, 3.05) is 43.4 Å². The molecule has 1 amide bonds. The number of H-pyrrole nitrogens is 1. The Morgan fingerprint density at radius 3 is 2.61 bits per heavy atom. The number of carbonyl (C=O) groups is 1. The van der Waals surface area contributed by atoms with Crippen LogP contribution < -0.4 is 15.8 Å². The van der Waals surface area contributed by atoms with Gasteiger partial charge in [0.25, 0.3) is 11.5 Å². The Balaban J connectivity index is 1.44. The summed E-state index contributed by atoms with van der Waals surface area (Å²) in [6.07, 6.45) is 3.44. The second-order valence-corrected chi connectivity index (χ2v) is 8.50. The van der Waals surface area contributed by atoms with Crippen molar-refractivity contribution in [2.45, 2.75) is 6.42 Å². The van der Waals surface area contributed by atoms with Gasteiger partial charge in [-0.15, -0.1) is 0 Å². The van der Waals surface area contributed by atoms with Gasteiger partial charge in [-0.3, -0.25) is 9.59 Å². The van der Waals surface area contributed by atoms with Crippen molar-refractivity contribution in [2.24, 2.45) is 0 Å². The number of nitrogens with one attached hydrogen (secondary N) is 2. The molecule has 2 N–H and O–H groups in total. The van der Waals surface area contributed by atoms with Crippen molar-refractivity contribution in [1.29, 1.82) is 0 Å². The Morgan fingerprint density at radius 1 is 1.14 bits per heavy atom. The van der Waals surface area contributed by atoms with E-state index in [9.17, 15) is 18.0 Å². The molecule has 1 fully saturated rings. The van der Waals surface area contributed by atoms with E-state index in [0.717, 1.165) is 5.82 Å². The molecule has 3 heterocycles. The first-order valence-electron chi connectivity index (χ1n) is 9.07. The summed E-state index contributed by atoms with van der Waals surface area (Å²) in [5.41, 5.74) is -0.464. The van der Waals surface area contributed by atoms with Crippen LogP contribution in [0.1, 0.15) is 16.8 Å². The molecule has 0 aliphatic carbocycles. The van der Waals surface area contributed by atoms with Crippen molar-refractivity contribution < 1.29 is 13.2 Å². The highest BCUT2D eigenvalue weighted by Crippen LogP contribution is 2.15. The summed E-state index contributed by atoms with van der Waals surface area (Å²) >= 11 is 0. The van der Waals surface area contributed by atoms with Crippen molar-refractivity contribution >= 4 is 21.7 Å². The van der Waals surface area contributed by atoms with E-state index < -0.39 is 21.5 Å². The predicted octanol–water partition coefficient (Wildman–Crippen LogP) is 0.0418. The number of aromatic amines is 1. The molecule has 1 saturated heterocycles. The standard InChI is InChI=1S/C18H23N5O4S/c24-17-15(5-3-8-20-17)18(25)21-9-4-14-28(26,27)23-12-10-22(11-13-23)16-6-1-2-7-19-16/h1-3,5-8H,4,9-14H2,(H,20,24)(H,21,25). The number of hydrogen-bond acceptors (Lipinski definition) is 6. The van der Waals surface area contributed by atoms with E-state index in [4.69, 9.17) is 0 Å². The topological polar surface area (TPSA) is 115 Å². The lowest BCUT2D eigenvalue weighted by Crippen LogP contribution is -2.49. The molecule has 0 bridgehead atoms. The average Bonchev–Trinajstić information content (AvgIpc) is 2.72. The fourth-order valence-electron chi connectivity index (χ4n) is 3.02. The minimum Gasteiger partial charge on any atom is -0.354 e.